The average molecular weight is 408 g/mol. The number of thiazole rings is 1. The van der Waals surface area contributed by atoms with Gasteiger partial charge in [-0.05, 0) is 11.6 Å². The lowest BCUT2D eigenvalue weighted by atomic mass is 10.1. The van der Waals surface area contributed by atoms with Crippen LogP contribution in [0.25, 0.3) is 0 Å². The van der Waals surface area contributed by atoms with Gasteiger partial charge in [-0.1, -0.05) is 18.2 Å². The molecule has 1 saturated heterocycles. The maximum absolute atomic E-state index is 13.6. The second-order valence-corrected chi connectivity index (χ2v) is 6.53. The summed E-state index contributed by atoms with van der Waals surface area (Å²) in [6, 6.07) is 6.55. The molecule has 1 fully saturated rings. The number of hydrogen-bond acceptors (Lipinski definition) is 5. The Balaban J connectivity index is 0.00000156. The monoisotopic (exact) mass is 407 g/mol. The highest BCUT2D eigenvalue weighted by molar-refractivity contribution is 7.09. The highest BCUT2D eigenvalue weighted by Crippen LogP contribution is 2.17. The van der Waals surface area contributed by atoms with Gasteiger partial charge < -0.3 is 15.7 Å². The number of rotatable bonds is 5. The summed E-state index contributed by atoms with van der Waals surface area (Å²) in [6.07, 6.45) is -0.0575. The van der Waals surface area contributed by atoms with Gasteiger partial charge in [0.15, 0.2) is 0 Å². The van der Waals surface area contributed by atoms with Crippen LogP contribution in [0.4, 0.5) is 4.39 Å². The smallest absolute Gasteiger partial charge is 0.270 e. The standard InChI is InChI=1S/C16H18FN3O2S.2ClH/c17-12-4-2-1-3-10(12)5-15-20-13(9-23-15)16(22)19-7-11-6-18-8-14(11)21;;/h1-4,9,11,14,18,21H,5-8H2,(H,19,22);2*1H. The normalized spacial score (nSPS) is 19.0. The van der Waals surface area contributed by atoms with Crippen molar-refractivity contribution in [1.82, 2.24) is 15.6 Å². The lowest BCUT2D eigenvalue weighted by Crippen LogP contribution is -2.34. The summed E-state index contributed by atoms with van der Waals surface area (Å²) in [4.78, 5) is 16.4. The van der Waals surface area contributed by atoms with Gasteiger partial charge in [0.25, 0.3) is 5.91 Å². The number of β-amino-alcohol motifs (C(OH)–C–C–N with tert-alkyl or cyclic N) is 1. The molecule has 1 aromatic heterocycles. The molecule has 0 saturated carbocycles. The van der Waals surface area contributed by atoms with Gasteiger partial charge in [-0.2, -0.15) is 0 Å². The molecule has 0 spiro atoms. The van der Waals surface area contributed by atoms with Crippen LogP contribution in [0, 0.1) is 11.7 Å². The lowest BCUT2D eigenvalue weighted by molar-refractivity contribution is 0.0922. The molecule has 2 unspecified atom stereocenters. The molecule has 2 aromatic rings. The first-order valence-corrected chi connectivity index (χ1v) is 8.36. The quantitative estimate of drug-likeness (QED) is 0.708. The summed E-state index contributed by atoms with van der Waals surface area (Å²) in [5.74, 6) is -0.507. The van der Waals surface area contributed by atoms with E-state index in [1.807, 2.05) is 0 Å². The molecule has 2 heterocycles. The van der Waals surface area contributed by atoms with Crippen molar-refractivity contribution < 1.29 is 14.3 Å². The Morgan fingerprint density at radius 2 is 2.12 bits per heavy atom. The highest BCUT2D eigenvalue weighted by atomic mass is 35.5. The predicted octanol–water partition coefficient (Wildman–Crippen LogP) is 2.03. The number of nitrogens with one attached hydrogen (secondary N) is 2. The summed E-state index contributed by atoms with van der Waals surface area (Å²) in [5, 5.41) is 17.9. The van der Waals surface area contributed by atoms with E-state index < -0.39 is 6.10 Å². The van der Waals surface area contributed by atoms with E-state index >= 15 is 0 Å². The molecule has 1 amide bonds. The summed E-state index contributed by atoms with van der Waals surface area (Å²) in [7, 11) is 0. The number of hydrogen-bond donors (Lipinski definition) is 3. The van der Waals surface area contributed by atoms with Crippen LogP contribution in [0.15, 0.2) is 29.6 Å². The first-order valence-electron chi connectivity index (χ1n) is 7.48. The average Bonchev–Trinajstić information content (AvgIpc) is 3.16. The van der Waals surface area contributed by atoms with Crippen LogP contribution in [0.3, 0.4) is 0 Å². The largest absolute Gasteiger partial charge is 0.391 e. The Morgan fingerprint density at radius 3 is 2.80 bits per heavy atom. The van der Waals surface area contributed by atoms with Crippen LogP contribution in [0.1, 0.15) is 21.1 Å². The zero-order valence-corrected chi connectivity index (χ0v) is 15.7. The summed E-state index contributed by atoms with van der Waals surface area (Å²) in [6.45, 7) is 1.66. The van der Waals surface area contributed by atoms with Crippen LogP contribution in [0.2, 0.25) is 0 Å². The van der Waals surface area contributed by atoms with Gasteiger partial charge in [0.1, 0.15) is 11.5 Å². The van der Waals surface area contributed by atoms with Gasteiger partial charge >= 0.3 is 0 Å². The fraction of sp³-hybridized carbons (Fsp3) is 0.375. The molecule has 1 aromatic carbocycles. The van der Waals surface area contributed by atoms with Crippen LogP contribution >= 0.6 is 36.2 Å². The van der Waals surface area contributed by atoms with Gasteiger partial charge in [-0.15, -0.1) is 36.2 Å². The zero-order valence-electron chi connectivity index (χ0n) is 13.3. The fourth-order valence-corrected chi connectivity index (χ4v) is 3.34. The van der Waals surface area contributed by atoms with E-state index in [9.17, 15) is 14.3 Å². The minimum atomic E-state index is -0.428. The molecule has 9 heteroatoms. The second-order valence-electron chi connectivity index (χ2n) is 5.59. The minimum Gasteiger partial charge on any atom is -0.391 e. The number of carbonyl (C=O) groups is 1. The summed E-state index contributed by atoms with van der Waals surface area (Å²) < 4.78 is 13.6. The Kier molecular flexibility index (Phi) is 8.75. The number of amides is 1. The molecule has 1 aliphatic heterocycles. The van der Waals surface area contributed by atoms with Crippen molar-refractivity contribution in [1.29, 1.82) is 0 Å². The Labute approximate surface area is 161 Å². The third-order valence-corrected chi connectivity index (χ3v) is 4.76. The third kappa shape index (κ3) is 5.62. The van der Waals surface area contributed by atoms with Gasteiger partial charge in [-0.3, -0.25) is 4.79 Å². The van der Waals surface area contributed by atoms with Crippen molar-refractivity contribution in [3.63, 3.8) is 0 Å². The maximum Gasteiger partial charge on any atom is 0.270 e. The summed E-state index contributed by atoms with van der Waals surface area (Å²) in [5.41, 5.74) is 0.899. The second kappa shape index (κ2) is 10.0. The highest BCUT2D eigenvalue weighted by Gasteiger charge is 2.25. The van der Waals surface area contributed by atoms with Crippen LogP contribution < -0.4 is 10.6 Å². The maximum atomic E-state index is 13.6. The molecular formula is C16H20Cl2FN3O2S. The van der Waals surface area contributed by atoms with Crippen molar-refractivity contribution in [3.05, 3.63) is 51.7 Å². The number of aliphatic hydroxyl groups excluding tert-OH is 1. The Morgan fingerprint density at radius 1 is 1.36 bits per heavy atom. The molecule has 0 aliphatic carbocycles. The van der Waals surface area contributed by atoms with E-state index in [0.29, 0.717) is 42.3 Å². The van der Waals surface area contributed by atoms with Gasteiger partial charge in [-0.25, -0.2) is 9.37 Å². The number of aliphatic hydroxyl groups is 1. The third-order valence-electron chi connectivity index (χ3n) is 3.91. The molecule has 0 radical (unpaired) electrons. The number of halogens is 3. The predicted molar refractivity (Wildman–Crippen MR) is 101 cm³/mol. The zero-order chi connectivity index (χ0) is 16.2. The number of nitrogens with zero attached hydrogens (tertiary/aromatic N) is 1. The Hall–Kier alpha value is -1.25. The van der Waals surface area contributed by atoms with Crippen molar-refractivity contribution in [2.75, 3.05) is 19.6 Å². The molecule has 0 bridgehead atoms. The first kappa shape index (κ1) is 21.8. The van der Waals surface area contributed by atoms with Crippen LogP contribution in [-0.2, 0) is 6.42 Å². The molecule has 138 valence electrons. The van der Waals surface area contributed by atoms with E-state index in [1.54, 1.807) is 23.6 Å². The molecule has 2 atom stereocenters. The molecule has 3 rings (SSSR count). The van der Waals surface area contributed by atoms with Crippen molar-refractivity contribution in [2.24, 2.45) is 5.92 Å². The van der Waals surface area contributed by atoms with Gasteiger partial charge in [0.2, 0.25) is 0 Å². The van der Waals surface area contributed by atoms with Crippen molar-refractivity contribution >= 4 is 42.1 Å². The van der Waals surface area contributed by atoms with Gasteiger partial charge in [0.05, 0.1) is 11.1 Å². The first-order chi connectivity index (χ1) is 11.1. The molecule has 3 N–H and O–H groups in total. The van der Waals surface area contributed by atoms with Crippen molar-refractivity contribution in [3.8, 4) is 0 Å². The SMILES string of the molecule is Cl.Cl.O=C(NCC1CNCC1O)c1csc(Cc2ccccc2F)n1. The van der Waals surface area contributed by atoms with E-state index in [2.05, 4.69) is 15.6 Å². The number of aromatic nitrogens is 1. The van der Waals surface area contributed by atoms with E-state index in [-0.39, 0.29) is 42.5 Å². The molecule has 25 heavy (non-hydrogen) atoms. The van der Waals surface area contributed by atoms with Crippen LogP contribution in [-0.4, -0.2) is 41.7 Å². The molecule has 1 aliphatic rings. The lowest BCUT2D eigenvalue weighted by Gasteiger charge is -2.13. The number of carbonyl (C=O) groups excluding carboxylic acids is 1. The van der Waals surface area contributed by atoms with E-state index in [4.69, 9.17) is 0 Å². The van der Waals surface area contributed by atoms with Crippen LogP contribution in [0.5, 0.6) is 0 Å². The molecular weight excluding hydrogens is 388 g/mol. The minimum absolute atomic E-state index is 0. The topological polar surface area (TPSA) is 74.2 Å². The van der Waals surface area contributed by atoms with Gasteiger partial charge in [0, 0.05) is 37.4 Å². The molecule has 5 nitrogen and oxygen atoms in total. The Bertz CT molecular complexity index is 702. The van der Waals surface area contributed by atoms with E-state index in [0.717, 1.165) is 0 Å². The fourth-order valence-electron chi connectivity index (χ4n) is 2.54. The summed E-state index contributed by atoms with van der Waals surface area (Å²) >= 11 is 1.34. The number of benzene rings is 1. The van der Waals surface area contributed by atoms with E-state index in [1.165, 1.54) is 17.4 Å². The van der Waals surface area contributed by atoms with Crippen molar-refractivity contribution in [2.45, 2.75) is 12.5 Å².